The van der Waals surface area contributed by atoms with Crippen LogP contribution in [-0.2, 0) is 0 Å². The van der Waals surface area contributed by atoms with Crippen molar-refractivity contribution in [2.24, 2.45) is 5.92 Å². The lowest BCUT2D eigenvalue weighted by Gasteiger charge is -2.09. The fourth-order valence-electron chi connectivity index (χ4n) is 2.03. The lowest BCUT2D eigenvalue weighted by molar-refractivity contribution is 0.590. The molecule has 2 atom stereocenters. The fourth-order valence-corrected chi connectivity index (χ4v) is 2.03. The molecule has 0 radical (unpaired) electrons. The SMILES string of the molecule is CC1CC1Nc1ccnc2c(F)cc(F)cc12. The molecule has 2 aromatic rings. The van der Waals surface area contributed by atoms with Gasteiger partial charge < -0.3 is 5.32 Å². The summed E-state index contributed by atoms with van der Waals surface area (Å²) < 4.78 is 26.7. The van der Waals surface area contributed by atoms with Crippen LogP contribution in [0.15, 0.2) is 24.4 Å². The molecule has 1 aromatic heterocycles. The maximum atomic E-state index is 13.5. The molecule has 1 aliphatic rings. The molecule has 1 saturated carbocycles. The van der Waals surface area contributed by atoms with Crippen LogP contribution in [-0.4, -0.2) is 11.0 Å². The van der Waals surface area contributed by atoms with Gasteiger partial charge in [0, 0.05) is 29.4 Å². The smallest absolute Gasteiger partial charge is 0.152 e. The highest BCUT2D eigenvalue weighted by Gasteiger charge is 2.32. The number of hydrogen-bond donors (Lipinski definition) is 1. The molecule has 2 unspecified atom stereocenters. The van der Waals surface area contributed by atoms with E-state index in [0.29, 0.717) is 17.3 Å². The molecule has 1 aromatic carbocycles. The van der Waals surface area contributed by atoms with Gasteiger partial charge >= 0.3 is 0 Å². The maximum absolute atomic E-state index is 13.5. The van der Waals surface area contributed by atoms with E-state index in [1.54, 1.807) is 12.3 Å². The van der Waals surface area contributed by atoms with Crippen LogP contribution in [0, 0.1) is 17.6 Å². The number of nitrogens with zero attached hydrogens (tertiary/aromatic N) is 1. The highest BCUT2D eigenvalue weighted by atomic mass is 19.1. The van der Waals surface area contributed by atoms with Gasteiger partial charge in [0.15, 0.2) is 5.82 Å². The van der Waals surface area contributed by atoms with Crippen molar-refractivity contribution in [1.82, 2.24) is 4.98 Å². The third-order valence-electron chi connectivity index (χ3n) is 3.21. The van der Waals surface area contributed by atoms with E-state index in [2.05, 4.69) is 17.2 Å². The predicted octanol–water partition coefficient (Wildman–Crippen LogP) is 3.33. The molecule has 3 rings (SSSR count). The number of hydrogen-bond acceptors (Lipinski definition) is 2. The molecule has 0 spiro atoms. The molecule has 1 N–H and O–H groups in total. The quantitative estimate of drug-likeness (QED) is 0.862. The largest absolute Gasteiger partial charge is 0.381 e. The lowest BCUT2D eigenvalue weighted by atomic mass is 10.1. The topological polar surface area (TPSA) is 24.9 Å². The van der Waals surface area contributed by atoms with Gasteiger partial charge in [0.05, 0.1) is 0 Å². The Labute approximate surface area is 97.7 Å². The van der Waals surface area contributed by atoms with Crippen LogP contribution in [0.5, 0.6) is 0 Å². The number of benzene rings is 1. The molecule has 88 valence electrons. The highest BCUT2D eigenvalue weighted by molar-refractivity contribution is 5.91. The Hall–Kier alpha value is -1.71. The molecule has 0 bridgehead atoms. The summed E-state index contributed by atoms with van der Waals surface area (Å²) in [5.41, 5.74) is 0.965. The number of aromatic nitrogens is 1. The molecule has 0 aliphatic heterocycles. The summed E-state index contributed by atoms with van der Waals surface area (Å²) in [6.45, 7) is 2.14. The van der Waals surface area contributed by atoms with Crippen LogP contribution >= 0.6 is 0 Å². The summed E-state index contributed by atoms with van der Waals surface area (Å²) in [5, 5.41) is 3.79. The van der Waals surface area contributed by atoms with Gasteiger partial charge in [-0.3, -0.25) is 4.98 Å². The van der Waals surface area contributed by atoms with Crippen LogP contribution in [0.3, 0.4) is 0 Å². The van der Waals surface area contributed by atoms with E-state index in [0.717, 1.165) is 18.2 Å². The first-order valence-electron chi connectivity index (χ1n) is 5.65. The Morgan fingerprint density at radius 3 is 2.82 bits per heavy atom. The zero-order valence-corrected chi connectivity index (χ0v) is 9.37. The summed E-state index contributed by atoms with van der Waals surface area (Å²) in [5.74, 6) is -0.570. The standard InChI is InChI=1S/C13H12F2N2/c1-7-4-12(7)17-11-2-3-16-13-9(11)5-8(14)6-10(13)15/h2-3,5-7,12H,4H2,1H3,(H,16,17). The lowest BCUT2D eigenvalue weighted by Crippen LogP contribution is -2.04. The summed E-state index contributed by atoms with van der Waals surface area (Å²) in [6, 6.07) is 4.35. The van der Waals surface area contributed by atoms with Crippen molar-refractivity contribution >= 4 is 16.6 Å². The van der Waals surface area contributed by atoms with E-state index in [1.165, 1.54) is 6.07 Å². The van der Waals surface area contributed by atoms with E-state index in [9.17, 15) is 8.78 Å². The van der Waals surface area contributed by atoms with Crippen molar-refractivity contribution in [2.45, 2.75) is 19.4 Å². The van der Waals surface area contributed by atoms with Gasteiger partial charge in [-0.1, -0.05) is 6.92 Å². The van der Waals surface area contributed by atoms with Crippen molar-refractivity contribution in [2.75, 3.05) is 5.32 Å². The van der Waals surface area contributed by atoms with Gasteiger partial charge in [-0.15, -0.1) is 0 Å². The van der Waals surface area contributed by atoms with Crippen LogP contribution in [0.4, 0.5) is 14.5 Å². The third-order valence-corrected chi connectivity index (χ3v) is 3.21. The second-order valence-electron chi connectivity index (χ2n) is 4.61. The van der Waals surface area contributed by atoms with E-state index < -0.39 is 11.6 Å². The fraction of sp³-hybridized carbons (Fsp3) is 0.308. The Morgan fingerprint density at radius 2 is 2.12 bits per heavy atom. The normalized spacial score (nSPS) is 22.8. The van der Waals surface area contributed by atoms with Gasteiger partial charge in [-0.25, -0.2) is 8.78 Å². The molecule has 0 saturated heterocycles. The average molecular weight is 234 g/mol. The van der Waals surface area contributed by atoms with Gasteiger partial charge in [0.1, 0.15) is 11.3 Å². The van der Waals surface area contributed by atoms with E-state index in [-0.39, 0.29) is 5.52 Å². The Bertz CT molecular complexity index is 583. The number of fused-ring (bicyclic) bond motifs is 1. The second kappa shape index (κ2) is 3.65. The van der Waals surface area contributed by atoms with Crippen molar-refractivity contribution in [3.63, 3.8) is 0 Å². The number of pyridine rings is 1. The Balaban J connectivity index is 2.11. The first-order chi connectivity index (χ1) is 8.15. The summed E-state index contributed by atoms with van der Waals surface area (Å²) >= 11 is 0. The van der Waals surface area contributed by atoms with Crippen molar-refractivity contribution in [3.05, 3.63) is 36.0 Å². The predicted molar refractivity (Wildman–Crippen MR) is 62.9 cm³/mol. The zero-order valence-electron chi connectivity index (χ0n) is 9.37. The first-order valence-corrected chi connectivity index (χ1v) is 5.65. The number of nitrogens with one attached hydrogen (secondary N) is 1. The van der Waals surface area contributed by atoms with E-state index in [1.807, 2.05) is 0 Å². The minimum absolute atomic E-state index is 0.213. The van der Waals surface area contributed by atoms with Crippen LogP contribution < -0.4 is 5.32 Å². The van der Waals surface area contributed by atoms with Gasteiger partial charge in [0.2, 0.25) is 0 Å². The third kappa shape index (κ3) is 1.84. The molecule has 1 aliphatic carbocycles. The summed E-state index contributed by atoms with van der Waals surface area (Å²) in [7, 11) is 0. The molecule has 1 fully saturated rings. The summed E-state index contributed by atoms with van der Waals surface area (Å²) in [4.78, 5) is 3.95. The van der Waals surface area contributed by atoms with Gasteiger partial charge in [0.25, 0.3) is 0 Å². The maximum Gasteiger partial charge on any atom is 0.152 e. The van der Waals surface area contributed by atoms with Crippen LogP contribution in [0.2, 0.25) is 0 Å². The number of rotatable bonds is 2. The van der Waals surface area contributed by atoms with Gasteiger partial charge in [-0.2, -0.15) is 0 Å². The highest BCUT2D eigenvalue weighted by Crippen LogP contribution is 2.35. The monoisotopic (exact) mass is 234 g/mol. The average Bonchev–Trinajstić information content (AvgIpc) is 2.95. The second-order valence-corrected chi connectivity index (χ2v) is 4.61. The first kappa shape index (κ1) is 10.4. The van der Waals surface area contributed by atoms with E-state index >= 15 is 0 Å². The zero-order chi connectivity index (χ0) is 12.0. The molecule has 1 heterocycles. The summed E-state index contributed by atoms with van der Waals surface area (Å²) in [6.07, 6.45) is 2.64. The van der Waals surface area contributed by atoms with Crippen molar-refractivity contribution in [3.8, 4) is 0 Å². The molecule has 2 nitrogen and oxygen atoms in total. The molecular formula is C13H12F2N2. The van der Waals surface area contributed by atoms with Gasteiger partial charge in [-0.05, 0) is 24.5 Å². The van der Waals surface area contributed by atoms with Crippen LogP contribution in [0.25, 0.3) is 10.9 Å². The molecule has 0 amide bonds. The van der Waals surface area contributed by atoms with Crippen molar-refractivity contribution < 1.29 is 8.78 Å². The molecule has 4 heteroatoms. The number of halogens is 2. The Morgan fingerprint density at radius 1 is 1.35 bits per heavy atom. The van der Waals surface area contributed by atoms with Crippen LogP contribution in [0.1, 0.15) is 13.3 Å². The minimum atomic E-state index is -0.618. The van der Waals surface area contributed by atoms with Crippen molar-refractivity contribution in [1.29, 1.82) is 0 Å². The van der Waals surface area contributed by atoms with E-state index in [4.69, 9.17) is 0 Å². The molecular weight excluding hydrogens is 222 g/mol. The minimum Gasteiger partial charge on any atom is -0.381 e. The number of anilines is 1. The Kier molecular flexibility index (Phi) is 2.24. The molecule has 17 heavy (non-hydrogen) atoms.